The maximum atomic E-state index is 14.5. The molecule has 0 bridgehead atoms. The van der Waals surface area contributed by atoms with Crippen LogP contribution in [0.5, 0.6) is 11.5 Å². The van der Waals surface area contributed by atoms with Crippen molar-refractivity contribution in [2.75, 3.05) is 32.5 Å². The molecule has 1 aliphatic heterocycles. The number of aromatic hydroxyl groups is 1. The topological polar surface area (TPSA) is 172 Å². The lowest BCUT2D eigenvalue weighted by Gasteiger charge is -2.22. The molecule has 1 aliphatic rings. The fourth-order valence-electron chi connectivity index (χ4n) is 6.24. The Bertz CT molecular complexity index is 2430. The Balaban J connectivity index is 1.27. The second kappa shape index (κ2) is 15.2. The molecule has 1 fully saturated rings. The average Bonchev–Trinajstić information content (AvgIpc) is 3.53. The van der Waals surface area contributed by atoms with Gasteiger partial charge in [-0.1, -0.05) is 47.7 Å². The number of hydrogen-bond acceptors (Lipinski definition) is 11. The number of nitrogens with zero attached hydrogens (tertiary/aromatic N) is 6. The highest BCUT2D eigenvalue weighted by atomic mass is 35.5. The number of benzene rings is 3. The van der Waals surface area contributed by atoms with Gasteiger partial charge in [-0.2, -0.15) is 5.10 Å². The minimum absolute atomic E-state index is 0.0233. The summed E-state index contributed by atoms with van der Waals surface area (Å²) in [5.41, 5.74) is 9.31. The number of carbonyl (C=O) groups excluding carboxylic acids is 1. The van der Waals surface area contributed by atoms with Gasteiger partial charge in [0, 0.05) is 42.1 Å². The van der Waals surface area contributed by atoms with Crippen LogP contribution in [0.15, 0.2) is 71.8 Å². The number of fused-ring (bicyclic) bond motifs is 2. The molecule has 4 N–H and O–H groups in total. The predicted molar refractivity (Wildman–Crippen MR) is 197 cm³/mol. The minimum atomic E-state index is -0.413. The maximum Gasteiger partial charge on any atom is 0.263 e. The van der Waals surface area contributed by atoms with E-state index in [0.29, 0.717) is 82.0 Å². The molecule has 0 aliphatic carbocycles. The number of phenolic OH excluding ortho intramolecular Hbond substituents is 1. The number of ether oxygens (including phenoxy) is 2. The molecular weight excluding hydrogens is 684 g/mol. The third kappa shape index (κ3) is 7.04. The van der Waals surface area contributed by atoms with Gasteiger partial charge in [0.05, 0.1) is 36.6 Å². The molecule has 0 radical (unpaired) electrons. The number of Topliss-reactive ketones (excluding diaryl/α,β-unsaturated/α-hetero) is 1. The Morgan fingerprint density at radius 3 is 2.81 bits per heavy atom. The summed E-state index contributed by atoms with van der Waals surface area (Å²) in [4.78, 5) is 40.7. The largest absolute Gasteiger partial charge is 0.504 e. The van der Waals surface area contributed by atoms with Gasteiger partial charge in [0.2, 0.25) is 0 Å². The number of aromatic nitrogens is 6. The fourth-order valence-corrected chi connectivity index (χ4v) is 6.43. The molecule has 0 saturated carbocycles. The Morgan fingerprint density at radius 1 is 1.13 bits per heavy atom. The van der Waals surface area contributed by atoms with Gasteiger partial charge in [0.25, 0.3) is 5.56 Å². The van der Waals surface area contributed by atoms with Crippen LogP contribution in [0.2, 0.25) is 5.02 Å². The highest BCUT2D eigenvalue weighted by molar-refractivity contribution is 6.31. The Morgan fingerprint density at radius 2 is 2.00 bits per heavy atom. The Labute approximate surface area is 303 Å². The summed E-state index contributed by atoms with van der Waals surface area (Å²) in [6.45, 7) is 1.99. The average molecular weight is 719 g/mol. The van der Waals surface area contributed by atoms with Crippen molar-refractivity contribution in [2.24, 2.45) is 0 Å². The highest BCUT2D eigenvalue weighted by Gasteiger charge is 2.23. The summed E-state index contributed by atoms with van der Waals surface area (Å²) >= 11 is 6.59. The molecule has 4 heterocycles. The summed E-state index contributed by atoms with van der Waals surface area (Å²) in [5, 5.41) is 19.6. The normalized spacial score (nSPS) is 14.3. The number of nitrogens with one attached hydrogen (secondary N) is 1. The summed E-state index contributed by atoms with van der Waals surface area (Å²) < 4.78 is 14.1. The molecule has 264 valence electrons. The van der Waals surface area contributed by atoms with Crippen molar-refractivity contribution in [1.82, 2.24) is 34.6 Å². The molecule has 6 aromatic rings. The lowest BCUT2D eigenvalue weighted by Crippen LogP contribution is -2.43. The first-order valence-corrected chi connectivity index (χ1v) is 17.1. The molecule has 3 aromatic heterocycles. The van der Waals surface area contributed by atoms with Crippen LogP contribution in [0, 0.1) is 11.8 Å². The number of nitrogen functional groups attached to an aromatic ring is 1. The molecule has 0 spiro atoms. The molecule has 13 nitrogen and oxygen atoms in total. The summed E-state index contributed by atoms with van der Waals surface area (Å²) in [6, 6.07) is 17.6. The van der Waals surface area contributed by atoms with Crippen LogP contribution in [0.3, 0.4) is 0 Å². The maximum absolute atomic E-state index is 14.5. The van der Waals surface area contributed by atoms with Crippen molar-refractivity contribution in [3.63, 3.8) is 0 Å². The van der Waals surface area contributed by atoms with Gasteiger partial charge in [0.15, 0.2) is 22.9 Å². The zero-order valence-electron chi connectivity index (χ0n) is 28.3. The van der Waals surface area contributed by atoms with E-state index in [1.807, 2.05) is 24.3 Å². The van der Waals surface area contributed by atoms with Crippen LogP contribution in [-0.2, 0) is 22.6 Å². The smallest absolute Gasteiger partial charge is 0.263 e. The summed E-state index contributed by atoms with van der Waals surface area (Å²) in [6.07, 6.45) is 2.37. The second-order valence-corrected chi connectivity index (χ2v) is 12.7. The zero-order chi connectivity index (χ0) is 36.2. The van der Waals surface area contributed by atoms with Crippen LogP contribution in [0.4, 0.5) is 5.82 Å². The molecular formula is C38H35ClN8O5. The van der Waals surface area contributed by atoms with E-state index in [-0.39, 0.29) is 41.7 Å². The SMILES string of the molecule is COc1cc(-c2nn(Cc3nc4cccc(C#CCCCC(=O)C5CNCCO5)c4c(=O)n3Cc3ccccc3Cl)c3ncnc(N)c23)ccc1O. The lowest BCUT2D eigenvalue weighted by atomic mass is 10.1. The number of methoxy groups -OCH3 is 1. The van der Waals surface area contributed by atoms with Gasteiger partial charge in [-0.25, -0.2) is 19.6 Å². The molecule has 0 amide bonds. The molecule has 52 heavy (non-hydrogen) atoms. The minimum Gasteiger partial charge on any atom is -0.504 e. The Kier molecular flexibility index (Phi) is 10.1. The fraction of sp³-hybridized carbons (Fsp3) is 0.263. The molecule has 1 unspecified atom stereocenters. The summed E-state index contributed by atoms with van der Waals surface area (Å²) in [7, 11) is 1.46. The van der Waals surface area contributed by atoms with Crippen LogP contribution < -0.4 is 21.3 Å². The second-order valence-electron chi connectivity index (χ2n) is 12.2. The van der Waals surface area contributed by atoms with E-state index in [1.54, 1.807) is 39.6 Å². The first kappa shape index (κ1) is 34.6. The number of ketones is 1. The summed E-state index contributed by atoms with van der Waals surface area (Å²) in [5.74, 6) is 7.22. The number of unbranched alkanes of at least 4 members (excludes halogenated alkanes) is 1. The first-order valence-electron chi connectivity index (χ1n) is 16.8. The standard InChI is InChI=1S/C38H35ClN8O5/c1-51-30-18-24(14-15-29(30)49)35-34-36(40)42-22-43-37(34)47(45-35)21-32-44-27-12-7-10-23(8-3-2-4-13-28(48)31-19-41-16-17-52-31)33(27)38(50)46(32)20-25-9-5-6-11-26(25)39/h5-7,9-12,14-15,18,22,31,41,49H,2,4,13,16-17,19-21H2,1H3,(H2,40,42,43). The van der Waals surface area contributed by atoms with Gasteiger partial charge in [-0.05, 0) is 48.4 Å². The van der Waals surface area contributed by atoms with E-state index in [4.69, 9.17) is 36.9 Å². The first-order chi connectivity index (χ1) is 25.3. The number of anilines is 1. The van der Waals surface area contributed by atoms with E-state index in [2.05, 4.69) is 27.1 Å². The van der Waals surface area contributed by atoms with E-state index in [9.17, 15) is 14.7 Å². The quantitative estimate of drug-likeness (QED) is 0.136. The van der Waals surface area contributed by atoms with Crippen molar-refractivity contribution in [3.8, 4) is 34.6 Å². The third-order valence-electron chi connectivity index (χ3n) is 8.89. The van der Waals surface area contributed by atoms with E-state index < -0.39 is 6.10 Å². The molecule has 14 heteroatoms. The predicted octanol–water partition coefficient (Wildman–Crippen LogP) is 4.33. The number of halogens is 1. The van der Waals surface area contributed by atoms with Crippen molar-refractivity contribution in [2.45, 2.75) is 38.5 Å². The molecule has 1 atom stereocenters. The Hall–Kier alpha value is -5.81. The van der Waals surface area contributed by atoms with Gasteiger partial charge in [-0.15, -0.1) is 0 Å². The lowest BCUT2D eigenvalue weighted by molar-refractivity contribution is -0.132. The number of morpholine rings is 1. The van der Waals surface area contributed by atoms with E-state index in [0.717, 1.165) is 12.1 Å². The van der Waals surface area contributed by atoms with Crippen molar-refractivity contribution >= 4 is 45.1 Å². The van der Waals surface area contributed by atoms with E-state index in [1.165, 1.54) is 19.5 Å². The molecule has 3 aromatic carbocycles. The number of phenols is 1. The monoisotopic (exact) mass is 718 g/mol. The van der Waals surface area contributed by atoms with Crippen LogP contribution >= 0.6 is 11.6 Å². The van der Waals surface area contributed by atoms with E-state index >= 15 is 0 Å². The van der Waals surface area contributed by atoms with Gasteiger partial charge < -0.3 is 25.6 Å². The van der Waals surface area contributed by atoms with Gasteiger partial charge in [0.1, 0.15) is 36.3 Å². The van der Waals surface area contributed by atoms with Crippen molar-refractivity contribution in [3.05, 3.63) is 99.3 Å². The van der Waals surface area contributed by atoms with Crippen molar-refractivity contribution in [1.29, 1.82) is 0 Å². The number of carbonyl (C=O) groups is 1. The van der Waals surface area contributed by atoms with Gasteiger partial charge >= 0.3 is 0 Å². The van der Waals surface area contributed by atoms with Gasteiger partial charge in [-0.3, -0.25) is 14.2 Å². The highest BCUT2D eigenvalue weighted by Crippen LogP contribution is 2.35. The molecule has 1 saturated heterocycles. The van der Waals surface area contributed by atoms with Crippen LogP contribution in [-0.4, -0.2) is 73.1 Å². The van der Waals surface area contributed by atoms with Crippen LogP contribution in [0.25, 0.3) is 33.2 Å². The van der Waals surface area contributed by atoms with Crippen LogP contribution in [0.1, 0.15) is 36.2 Å². The van der Waals surface area contributed by atoms with Crippen molar-refractivity contribution < 1.29 is 19.4 Å². The number of hydrogen-bond donors (Lipinski definition) is 3. The number of rotatable bonds is 10. The third-order valence-corrected chi connectivity index (χ3v) is 9.26. The molecule has 7 rings (SSSR count). The number of nitrogens with two attached hydrogens (primary N) is 1. The zero-order valence-corrected chi connectivity index (χ0v) is 29.1.